The first-order valence-electron chi connectivity index (χ1n) is 10.5. The molecule has 0 unspecified atom stereocenters. The average Bonchev–Trinajstić information content (AvgIpc) is 3.37. The first-order valence-corrected chi connectivity index (χ1v) is 10.5. The van der Waals surface area contributed by atoms with Crippen molar-refractivity contribution in [2.75, 3.05) is 5.32 Å². The van der Waals surface area contributed by atoms with Crippen LogP contribution in [0.3, 0.4) is 0 Å². The average molecular weight is 471 g/mol. The van der Waals surface area contributed by atoms with Gasteiger partial charge in [-0.2, -0.15) is 13.9 Å². The minimum absolute atomic E-state index is 0.103. The van der Waals surface area contributed by atoms with Gasteiger partial charge in [-0.25, -0.2) is 13.9 Å². The van der Waals surface area contributed by atoms with Crippen LogP contribution in [-0.4, -0.2) is 30.7 Å². The number of anilines is 2. The summed E-state index contributed by atoms with van der Waals surface area (Å²) in [5, 5.41) is 16.7. The summed E-state index contributed by atoms with van der Waals surface area (Å²) in [6.07, 6.45) is 1.55. The number of nitrogens with one attached hydrogen (secondary N) is 3. The maximum atomic E-state index is 15.3. The lowest BCUT2D eigenvalue weighted by molar-refractivity contribution is -0.128. The standard InChI is InChI=1S/C23H24F3N7O/c1-13-9-18(31-30-13)28-19-17-10-14(11-27-21(34)22(2,3)4)12-33(17)32-20(29-19)23(25,26)15-5-7-16(24)8-6-15/h5-10,12H,11H2,1-4H3,(H,27,34)(H2,28,29,30,31,32). The van der Waals surface area contributed by atoms with E-state index in [1.807, 2.05) is 0 Å². The second-order valence-corrected chi connectivity index (χ2v) is 9.04. The number of nitrogens with zero attached hydrogens (tertiary/aromatic N) is 4. The van der Waals surface area contributed by atoms with Gasteiger partial charge in [-0.3, -0.25) is 9.89 Å². The van der Waals surface area contributed by atoms with E-state index in [2.05, 4.69) is 30.9 Å². The summed E-state index contributed by atoms with van der Waals surface area (Å²) in [6, 6.07) is 7.30. The fourth-order valence-corrected chi connectivity index (χ4v) is 3.21. The van der Waals surface area contributed by atoms with Crippen LogP contribution in [0.1, 0.15) is 43.4 Å². The van der Waals surface area contributed by atoms with Crippen LogP contribution in [0, 0.1) is 18.2 Å². The van der Waals surface area contributed by atoms with Crippen LogP contribution in [0.5, 0.6) is 0 Å². The molecule has 0 fully saturated rings. The van der Waals surface area contributed by atoms with Gasteiger partial charge in [0.1, 0.15) is 11.3 Å². The monoisotopic (exact) mass is 471 g/mol. The molecule has 34 heavy (non-hydrogen) atoms. The van der Waals surface area contributed by atoms with Crippen LogP contribution in [0.25, 0.3) is 5.52 Å². The van der Waals surface area contributed by atoms with Crippen molar-refractivity contribution in [3.05, 3.63) is 71.1 Å². The van der Waals surface area contributed by atoms with Crippen molar-refractivity contribution in [2.45, 2.75) is 40.2 Å². The molecule has 0 atom stereocenters. The molecule has 11 heteroatoms. The molecule has 0 saturated heterocycles. The largest absolute Gasteiger partial charge is 0.352 e. The van der Waals surface area contributed by atoms with E-state index in [4.69, 9.17) is 0 Å². The topological polar surface area (TPSA) is 100 Å². The van der Waals surface area contributed by atoms with E-state index in [-0.39, 0.29) is 18.3 Å². The highest BCUT2D eigenvalue weighted by molar-refractivity contribution is 5.81. The highest BCUT2D eigenvalue weighted by atomic mass is 19.3. The zero-order chi connectivity index (χ0) is 24.7. The van der Waals surface area contributed by atoms with Crippen LogP contribution in [0.2, 0.25) is 0 Å². The van der Waals surface area contributed by atoms with Gasteiger partial charge in [-0.05, 0) is 42.8 Å². The molecule has 0 spiro atoms. The summed E-state index contributed by atoms with van der Waals surface area (Å²) >= 11 is 0. The number of alkyl halides is 2. The fourth-order valence-electron chi connectivity index (χ4n) is 3.21. The Morgan fingerprint density at radius 1 is 1.15 bits per heavy atom. The zero-order valence-electron chi connectivity index (χ0n) is 19.1. The summed E-state index contributed by atoms with van der Waals surface area (Å²) in [5.74, 6) is -4.65. The van der Waals surface area contributed by atoms with Crippen molar-refractivity contribution >= 4 is 23.1 Å². The predicted octanol–water partition coefficient (Wildman–Crippen LogP) is 4.45. The smallest absolute Gasteiger partial charge is 0.333 e. The summed E-state index contributed by atoms with van der Waals surface area (Å²) in [7, 11) is 0. The number of carbonyl (C=O) groups is 1. The number of H-pyrrole nitrogens is 1. The number of aromatic amines is 1. The van der Waals surface area contributed by atoms with Crippen LogP contribution < -0.4 is 10.6 Å². The Morgan fingerprint density at radius 2 is 1.85 bits per heavy atom. The summed E-state index contributed by atoms with van der Waals surface area (Å²) in [4.78, 5) is 16.3. The number of amides is 1. The summed E-state index contributed by atoms with van der Waals surface area (Å²) in [5.41, 5.74) is 0.813. The number of hydrogen-bond acceptors (Lipinski definition) is 5. The van der Waals surface area contributed by atoms with E-state index in [0.29, 0.717) is 16.9 Å². The van der Waals surface area contributed by atoms with Crippen molar-refractivity contribution < 1.29 is 18.0 Å². The molecule has 4 rings (SSSR count). The van der Waals surface area contributed by atoms with E-state index in [1.165, 1.54) is 4.52 Å². The molecule has 1 amide bonds. The Hall–Kier alpha value is -3.89. The van der Waals surface area contributed by atoms with Gasteiger partial charge in [0, 0.05) is 35.5 Å². The number of hydrogen-bond donors (Lipinski definition) is 3. The first-order chi connectivity index (χ1) is 15.9. The molecule has 4 aromatic rings. The summed E-state index contributed by atoms with van der Waals surface area (Å²) in [6.45, 7) is 7.37. The van der Waals surface area contributed by atoms with Gasteiger partial charge in [-0.15, -0.1) is 5.10 Å². The normalized spacial score (nSPS) is 12.2. The van der Waals surface area contributed by atoms with Gasteiger partial charge in [0.25, 0.3) is 0 Å². The Morgan fingerprint density at radius 3 is 2.47 bits per heavy atom. The molecule has 0 aliphatic carbocycles. The fraction of sp³-hybridized carbons (Fsp3) is 0.304. The highest BCUT2D eigenvalue weighted by Gasteiger charge is 2.39. The number of aryl methyl sites for hydroxylation is 1. The lowest BCUT2D eigenvalue weighted by Gasteiger charge is -2.17. The number of carbonyl (C=O) groups excluding carboxylic acids is 1. The van der Waals surface area contributed by atoms with Crippen LogP contribution in [-0.2, 0) is 17.3 Å². The number of fused-ring (bicyclic) bond motifs is 1. The minimum Gasteiger partial charge on any atom is -0.352 e. The molecule has 3 aromatic heterocycles. The van der Waals surface area contributed by atoms with Gasteiger partial charge in [0.15, 0.2) is 11.6 Å². The molecule has 1 aromatic carbocycles. The molecule has 0 saturated carbocycles. The Bertz CT molecular complexity index is 1340. The summed E-state index contributed by atoms with van der Waals surface area (Å²) < 4.78 is 45.1. The Kier molecular flexibility index (Phi) is 5.80. The molecule has 0 radical (unpaired) electrons. The number of halogens is 3. The first kappa shape index (κ1) is 23.3. The van der Waals surface area contributed by atoms with Gasteiger partial charge >= 0.3 is 5.92 Å². The van der Waals surface area contributed by atoms with Crippen LogP contribution in [0.15, 0.2) is 42.6 Å². The minimum atomic E-state index is -3.59. The third-order valence-electron chi connectivity index (χ3n) is 5.09. The highest BCUT2D eigenvalue weighted by Crippen LogP contribution is 2.35. The second kappa shape index (κ2) is 8.47. The number of aromatic nitrogens is 5. The molecule has 3 N–H and O–H groups in total. The number of rotatable bonds is 6. The van der Waals surface area contributed by atoms with Gasteiger partial charge in [0.05, 0.1) is 0 Å². The molecular formula is C23H24F3N7O. The number of benzene rings is 1. The van der Waals surface area contributed by atoms with E-state index in [9.17, 15) is 9.18 Å². The predicted molar refractivity (Wildman–Crippen MR) is 120 cm³/mol. The van der Waals surface area contributed by atoms with Crippen molar-refractivity contribution in [3.8, 4) is 0 Å². The van der Waals surface area contributed by atoms with Gasteiger partial charge in [0.2, 0.25) is 11.7 Å². The third-order valence-corrected chi connectivity index (χ3v) is 5.09. The molecule has 3 heterocycles. The van der Waals surface area contributed by atoms with Crippen LogP contribution in [0.4, 0.5) is 24.8 Å². The molecule has 0 aliphatic heterocycles. The molecule has 0 aliphatic rings. The third kappa shape index (κ3) is 4.73. The van der Waals surface area contributed by atoms with E-state index in [1.54, 1.807) is 46.0 Å². The molecule has 8 nitrogen and oxygen atoms in total. The quantitative estimate of drug-likeness (QED) is 0.386. The van der Waals surface area contributed by atoms with Crippen molar-refractivity contribution in [2.24, 2.45) is 5.41 Å². The van der Waals surface area contributed by atoms with Gasteiger partial charge < -0.3 is 10.6 Å². The van der Waals surface area contributed by atoms with Crippen molar-refractivity contribution in [1.82, 2.24) is 30.1 Å². The Labute approximate surface area is 193 Å². The molecule has 178 valence electrons. The van der Waals surface area contributed by atoms with Crippen molar-refractivity contribution in [3.63, 3.8) is 0 Å². The maximum Gasteiger partial charge on any atom is 0.333 e. The maximum absolute atomic E-state index is 15.3. The van der Waals surface area contributed by atoms with Crippen LogP contribution >= 0.6 is 0 Å². The van der Waals surface area contributed by atoms with E-state index in [0.717, 1.165) is 30.0 Å². The SMILES string of the molecule is Cc1cc(Nc2nc(C(F)(F)c3ccc(F)cc3)nn3cc(CNC(=O)C(C)(C)C)cc23)n[nH]1. The second-order valence-electron chi connectivity index (χ2n) is 9.04. The molecular weight excluding hydrogens is 447 g/mol. The van der Waals surface area contributed by atoms with E-state index < -0.39 is 28.5 Å². The lowest BCUT2D eigenvalue weighted by Crippen LogP contribution is -2.34. The molecule has 0 bridgehead atoms. The Balaban J connectivity index is 1.76. The van der Waals surface area contributed by atoms with Gasteiger partial charge in [-0.1, -0.05) is 20.8 Å². The van der Waals surface area contributed by atoms with Crippen molar-refractivity contribution in [1.29, 1.82) is 0 Å². The van der Waals surface area contributed by atoms with E-state index >= 15 is 8.78 Å². The lowest BCUT2D eigenvalue weighted by atomic mass is 9.96. The zero-order valence-corrected chi connectivity index (χ0v) is 19.1.